The summed E-state index contributed by atoms with van der Waals surface area (Å²) in [5, 5.41) is 3.79. The van der Waals surface area contributed by atoms with Crippen LogP contribution in [-0.4, -0.2) is 25.7 Å². The maximum atomic E-state index is 12.1. The molecule has 1 aliphatic rings. The maximum absolute atomic E-state index is 12.1. The van der Waals surface area contributed by atoms with E-state index in [4.69, 9.17) is 16.3 Å². The normalized spacial score (nSPS) is 22.5. The van der Waals surface area contributed by atoms with Gasteiger partial charge >= 0.3 is 0 Å². The van der Waals surface area contributed by atoms with Crippen molar-refractivity contribution in [3.8, 4) is 0 Å². The SMILES string of the molecule is COC1CCC(C(=O)NCCc2ccccc2Cl)CC1. The fourth-order valence-corrected chi connectivity index (χ4v) is 2.96. The minimum atomic E-state index is 0.146. The van der Waals surface area contributed by atoms with Crippen LogP contribution in [0, 0.1) is 5.92 Å². The van der Waals surface area contributed by atoms with Gasteiger partial charge in [-0.15, -0.1) is 0 Å². The van der Waals surface area contributed by atoms with Crippen LogP contribution in [0.5, 0.6) is 0 Å². The number of carbonyl (C=O) groups is 1. The minimum Gasteiger partial charge on any atom is -0.381 e. The third-order valence-electron chi connectivity index (χ3n) is 4.03. The van der Waals surface area contributed by atoms with E-state index in [1.54, 1.807) is 7.11 Å². The van der Waals surface area contributed by atoms with E-state index in [-0.39, 0.29) is 11.8 Å². The number of hydrogen-bond donors (Lipinski definition) is 1. The topological polar surface area (TPSA) is 38.3 Å². The van der Waals surface area contributed by atoms with Crippen LogP contribution in [0.15, 0.2) is 24.3 Å². The molecule has 0 spiro atoms. The highest BCUT2D eigenvalue weighted by molar-refractivity contribution is 6.31. The van der Waals surface area contributed by atoms with E-state index in [9.17, 15) is 4.79 Å². The molecular weight excluding hydrogens is 274 g/mol. The van der Waals surface area contributed by atoms with Crippen molar-refractivity contribution < 1.29 is 9.53 Å². The van der Waals surface area contributed by atoms with Crippen molar-refractivity contribution in [1.29, 1.82) is 0 Å². The largest absolute Gasteiger partial charge is 0.381 e. The highest BCUT2D eigenvalue weighted by Crippen LogP contribution is 2.25. The molecule has 4 heteroatoms. The molecule has 1 N–H and O–H groups in total. The molecule has 0 heterocycles. The van der Waals surface area contributed by atoms with Gasteiger partial charge in [0.2, 0.25) is 5.91 Å². The van der Waals surface area contributed by atoms with Crippen molar-refractivity contribution in [3.63, 3.8) is 0 Å². The molecule has 0 radical (unpaired) electrons. The number of rotatable bonds is 5. The molecule has 1 aromatic carbocycles. The Hall–Kier alpha value is -1.06. The summed E-state index contributed by atoms with van der Waals surface area (Å²) in [6.45, 7) is 0.646. The average Bonchev–Trinajstić information content (AvgIpc) is 2.49. The van der Waals surface area contributed by atoms with Gasteiger partial charge in [-0.05, 0) is 43.7 Å². The van der Waals surface area contributed by atoms with Gasteiger partial charge in [-0.3, -0.25) is 4.79 Å². The van der Waals surface area contributed by atoms with Crippen molar-refractivity contribution in [2.24, 2.45) is 5.92 Å². The molecule has 0 unspecified atom stereocenters. The summed E-state index contributed by atoms with van der Waals surface area (Å²) in [5.74, 6) is 0.319. The van der Waals surface area contributed by atoms with E-state index in [1.165, 1.54) is 0 Å². The molecule has 20 heavy (non-hydrogen) atoms. The number of nitrogens with one attached hydrogen (secondary N) is 1. The number of hydrogen-bond acceptors (Lipinski definition) is 2. The third kappa shape index (κ3) is 4.22. The minimum absolute atomic E-state index is 0.146. The zero-order valence-corrected chi connectivity index (χ0v) is 12.7. The van der Waals surface area contributed by atoms with Crippen molar-refractivity contribution >= 4 is 17.5 Å². The lowest BCUT2D eigenvalue weighted by Gasteiger charge is -2.26. The van der Waals surface area contributed by atoms with Crippen molar-refractivity contribution in [3.05, 3.63) is 34.9 Å². The number of benzene rings is 1. The Bertz CT molecular complexity index is 442. The van der Waals surface area contributed by atoms with Crippen molar-refractivity contribution in [1.82, 2.24) is 5.32 Å². The summed E-state index contributed by atoms with van der Waals surface area (Å²) in [6.07, 6.45) is 4.94. The second-order valence-electron chi connectivity index (χ2n) is 5.34. The smallest absolute Gasteiger partial charge is 0.223 e. The van der Waals surface area contributed by atoms with Crippen molar-refractivity contribution in [2.75, 3.05) is 13.7 Å². The first kappa shape index (κ1) is 15.3. The van der Waals surface area contributed by atoms with Crippen LogP contribution in [0.1, 0.15) is 31.2 Å². The summed E-state index contributed by atoms with van der Waals surface area (Å²) < 4.78 is 5.32. The Morgan fingerprint density at radius 2 is 2.00 bits per heavy atom. The Balaban J connectivity index is 1.72. The van der Waals surface area contributed by atoms with E-state index < -0.39 is 0 Å². The van der Waals surface area contributed by atoms with Crippen LogP contribution in [0.3, 0.4) is 0 Å². The van der Waals surface area contributed by atoms with Gasteiger partial charge in [0.05, 0.1) is 6.10 Å². The molecule has 1 saturated carbocycles. The highest BCUT2D eigenvalue weighted by atomic mass is 35.5. The van der Waals surface area contributed by atoms with Gasteiger partial charge in [0.1, 0.15) is 0 Å². The Morgan fingerprint density at radius 3 is 2.65 bits per heavy atom. The number of halogens is 1. The summed E-state index contributed by atoms with van der Waals surface area (Å²) in [5.41, 5.74) is 1.08. The van der Waals surface area contributed by atoms with E-state index in [0.29, 0.717) is 12.6 Å². The van der Waals surface area contributed by atoms with Gasteiger partial charge in [0.25, 0.3) is 0 Å². The monoisotopic (exact) mass is 295 g/mol. The first-order chi connectivity index (χ1) is 9.70. The van der Waals surface area contributed by atoms with E-state index in [1.807, 2.05) is 24.3 Å². The number of methoxy groups -OCH3 is 1. The summed E-state index contributed by atoms with van der Waals surface area (Å²) in [4.78, 5) is 12.1. The molecule has 1 aliphatic carbocycles. The highest BCUT2D eigenvalue weighted by Gasteiger charge is 2.25. The predicted molar refractivity (Wildman–Crippen MR) is 80.9 cm³/mol. The fourth-order valence-electron chi connectivity index (χ4n) is 2.73. The molecular formula is C16H22ClNO2. The molecule has 0 saturated heterocycles. The van der Waals surface area contributed by atoms with Crippen LogP contribution in [0.25, 0.3) is 0 Å². The molecule has 1 fully saturated rings. The molecule has 3 nitrogen and oxygen atoms in total. The molecule has 0 bridgehead atoms. The Morgan fingerprint density at radius 1 is 1.30 bits per heavy atom. The number of amides is 1. The van der Waals surface area contributed by atoms with E-state index >= 15 is 0 Å². The fraction of sp³-hybridized carbons (Fsp3) is 0.562. The molecule has 0 aromatic heterocycles. The van der Waals surface area contributed by atoms with E-state index in [2.05, 4.69) is 5.32 Å². The lowest BCUT2D eigenvalue weighted by atomic mass is 9.87. The standard InChI is InChI=1S/C16H22ClNO2/c1-20-14-8-6-13(7-9-14)16(19)18-11-10-12-4-2-3-5-15(12)17/h2-5,13-14H,6-11H2,1H3,(H,18,19). The lowest BCUT2D eigenvalue weighted by Crippen LogP contribution is -2.35. The van der Waals surface area contributed by atoms with Gasteiger partial charge in [0.15, 0.2) is 0 Å². The average molecular weight is 296 g/mol. The van der Waals surface area contributed by atoms with Gasteiger partial charge in [-0.1, -0.05) is 29.8 Å². The van der Waals surface area contributed by atoms with Crippen LogP contribution >= 0.6 is 11.6 Å². The summed E-state index contributed by atoms with van der Waals surface area (Å²) in [6, 6.07) is 7.76. The lowest BCUT2D eigenvalue weighted by molar-refractivity contribution is -0.126. The van der Waals surface area contributed by atoms with Crippen LogP contribution in [-0.2, 0) is 16.0 Å². The van der Waals surface area contributed by atoms with E-state index in [0.717, 1.165) is 42.7 Å². The van der Waals surface area contributed by atoms with Crippen LogP contribution in [0.2, 0.25) is 5.02 Å². The summed E-state index contributed by atoms with van der Waals surface area (Å²) >= 11 is 6.09. The predicted octanol–water partition coefficient (Wildman–Crippen LogP) is 3.20. The van der Waals surface area contributed by atoms with Crippen LogP contribution in [0.4, 0.5) is 0 Å². The summed E-state index contributed by atoms with van der Waals surface area (Å²) in [7, 11) is 1.74. The molecule has 1 aromatic rings. The molecule has 1 amide bonds. The zero-order chi connectivity index (χ0) is 14.4. The number of carbonyl (C=O) groups excluding carboxylic acids is 1. The zero-order valence-electron chi connectivity index (χ0n) is 11.9. The molecule has 0 aliphatic heterocycles. The molecule has 0 atom stereocenters. The molecule has 2 rings (SSSR count). The maximum Gasteiger partial charge on any atom is 0.223 e. The van der Waals surface area contributed by atoms with Gasteiger partial charge in [-0.2, -0.15) is 0 Å². The quantitative estimate of drug-likeness (QED) is 0.906. The second kappa shape index (κ2) is 7.65. The van der Waals surface area contributed by atoms with Gasteiger partial charge < -0.3 is 10.1 Å². The van der Waals surface area contributed by atoms with Gasteiger partial charge in [0, 0.05) is 24.6 Å². The first-order valence-corrected chi connectivity index (χ1v) is 7.62. The third-order valence-corrected chi connectivity index (χ3v) is 4.40. The first-order valence-electron chi connectivity index (χ1n) is 7.24. The Kier molecular flexibility index (Phi) is 5.86. The Labute approximate surface area is 125 Å². The van der Waals surface area contributed by atoms with Crippen LogP contribution < -0.4 is 5.32 Å². The van der Waals surface area contributed by atoms with Gasteiger partial charge in [-0.25, -0.2) is 0 Å². The second-order valence-corrected chi connectivity index (χ2v) is 5.75. The molecule has 110 valence electrons. The number of ether oxygens (including phenoxy) is 1. The van der Waals surface area contributed by atoms with Crippen molar-refractivity contribution in [2.45, 2.75) is 38.2 Å².